The summed E-state index contributed by atoms with van der Waals surface area (Å²) in [6.07, 6.45) is 0.596. The first-order valence-electron chi connectivity index (χ1n) is 8.33. The van der Waals surface area contributed by atoms with E-state index in [0.717, 1.165) is 24.2 Å². The van der Waals surface area contributed by atoms with Crippen LogP contribution in [0, 0.1) is 0 Å². The molecule has 0 spiro atoms. The largest absolute Gasteiger partial charge is 0.488 e. The predicted octanol–water partition coefficient (Wildman–Crippen LogP) is 3.17. The molecule has 1 amide bonds. The van der Waals surface area contributed by atoms with E-state index in [4.69, 9.17) is 4.74 Å². The number of nitrogens with one attached hydrogen (secondary N) is 1. The maximum absolute atomic E-state index is 11.7. The second kappa shape index (κ2) is 8.50. The van der Waals surface area contributed by atoms with Gasteiger partial charge in [-0.3, -0.25) is 4.79 Å². The van der Waals surface area contributed by atoms with Crippen LogP contribution in [0.5, 0.6) is 5.75 Å². The number of aryl methyl sites for hydroxylation is 2. The summed E-state index contributed by atoms with van der Waals surface area (Å²) in [5.74, 6) is 0.484. The topological polar surface area (TPSA) is 58.6 Å². The van der Waals surface area contributed by atoms with Crippen LogP contribution >= 0.6 is 0 Å². The normalized spacial score (nSPS) is 11.8. The fourth-order valence-electron chi connectivity index (χ4n) is 2.74. The third-order valence-corrected chi connectivity index (χ3v) is 4.16. The average molecular weight is 327 g/mol. The van der Waals surface area contributed by atoms with Crippen LogP contribution in [0.2, 0.25) is 0 Å². The highest BCUT2D eigenvalue weighted by atomic mass is 16.5. The molecule has 0 fully saturated rings. The molecule has 2 N–H and O–H groups in total. The number of carbonyl (C=O) groups is 1. The predicted molar refractivity (Wildman–Crippen MR) is 95.0 cm³/mol. The van der Waals surface area contributed by atoms with Crippen LogP contribution in [-0.2, 0) is 24.2 Å². The molecular formula is C20H25NO3. The molecule has 0 saturated carbocycles. The number of hydrogen-bond acceptors (Lipinski definition) is 3. The molecule has 0 aliphatic carbocycles. The summed E-state index contributed by atoms with van der Waals surface area (Å²) in [6.45, 7) is 4.52. The van der Waals surface area contributed by atoms with Crippen molar-refractivity contribution in [2.45, 2.75) is 39.4 Å². The molecule has 2 aromatic carbocycles. The third kappa shape index (κ3) is 3.95. The van der Waals surface area contributed by atoms with Crippen LogP contribution in [0.4, 0.5) is 0 Å². The SMILES string of the molecule is CCc1cccc(CC)c1OCc1ccccc1C(O)C(=O)NC. The molecule has 4 heteroatoms. The summed E-state index contributed by atoms with van der Waals surface area (Å²) in [5.41, 5.74) is 3.71. The van der Waals surface area contributed by atoms with Crippen molar-refractivity contribution in [2.75, 3.05) is 7.05 Å². The van der Waals surface area contributed by atoms with Gasteiger partial charge in [0.1, 0.15) is 12.4 Å². The van der Waals surface area contributed by atoms with Crippen LogP contribution in [0.1, 0.15) is 42.2 Å². The lowest BCUT2D eigenvalue weighted by Crippen LogP contribution is -2.26. The number of para-hydroxylation sites is 1. The lowest BCUT2D eigenvalue weighted by molar-refractivity contribution is -0.129. The zero-order chi connectivity index (χ0) is 17.5. The minimum absolute atomic E-state index is 0.314. The zero-order valence-electron chi connectivity index (χ0n) is 14.5. The Bertz CT molecular complexity index is 675. The molecule has 1 unspecified atom stereocenters. The van der Waals surface area contributed by atoms with Crippen molar-refractivity contribution in [1.29, 1.82) is 0 Å². The number of hydrogen-bond donors (Lipinski definition) is 2. The molecule has 0 aliphatic rings. The Morgan fingerprint density at radius 2 is 1.62 bits per heavy atom. The lowest BCUT2D eigenvalue weighted by atomic mass is 10.0. The summed E-state index contributed by atoms with van der Waals surface area (Å²) in [5, 5.41) is 12.7. The number of ether oxygens (including phenoxy) is 1. The highest BCUT2D eigenvalue weighted by Gasteiger charge is 2.19. The fourth-order valence-corrected chi connectivity index (χ4v) is 2.74. The van der Waals surface area contributed by atoms with Gasteiger partial charge in [0.25, 0.3) is 5.91 Å². The van der Waals surface area contributed by atoms with Crippen molar-refractivity contribution < 1.29 is 14.6 Å². The van der Waals surface area contributed by atoms with E-state index < -0.39 is 12.0 Å². The molecule has 0 bridgehead atoms. The molecule has 24 heavy (non-hydrogen) atoms. The molecule has 2 aromatic rings. The van der Waals surface area contributed by atoms with Gasteiger partial charge >= 0.3 is 0 Å². The molecule has 0 heterocycles. The molecule has 0 saturated heterocycles. The minimum atomic E-state index is -1.19. The number of benzene rings is 2. The number of amides is 1. The smallest absolute Gasteiger partial charge is 0.253 e. The van der Waals surface area contributed by atoms with Gasteiger partial charge < -0.3 is 15.2 Å². The van der Waals surface area contributed by atoms with Gasteiger partial charge in [-0.1, -0.05) is 56.3 Å². The summed E-state index contributed by atoms with van der Waals surface area (Å²) in [7, 11) is 1.51. The van der Waals surface area contributed by atoms with Crippen LogP contribution in [0.15, 0.2) is 42.5 Å². The molecule has 1 atom stereocenters. The zero-order valence-corrected chi connectivity index (χ0v) is 14.5. The van der Waals surface area contributed by atoms with Crippen LogP contribution in [0.3, 0.4) is 0 Å². The first-order valence-corrected chi connectivity index (χ1v) is 8.33. The van der Waals surface area contributed by atoms with E-state index in [0.29, 0.717) is 12.2 Å². The molecule has 0 radical (unpaired) electrons. The Morgan fingerprint density at radius 3 is 2.21 bits per heavy atom. The molecule has 2 rings (SSSR count). The Balaban J connectivity index is 2.26. The quantitative estimate of drug-likeness (QED) is 0.821. The number of rotatable bonds is 7. The van der Waals surface area contributed by atoms with E-state index in [1.165, 1.54) is 18.2 Å². The van der Waals surface area contributed by atoms with Crippen molar-refractivity contribution in [3.63, 3.8) is 0 Å². The van der Waals surface area contributed by atoms with E-state index in [1.54, 1.807) is 6.07 Å². The molecule has 0 aliphatic heterocycles. The molecule has 0 aromatic heterocycles. The maximum Gasteiger partial charge on any atom is 0.253 e. The molecule has 4 nitrogen and oxygen atoms in total. The van der Waals surface area contributed by atoms with Crippen molar-refractivity contribution in [3.8, 4) is 5.75 Å². The van der Waals surface area contributed by atoms with Crippen molar-refractivity contribution >= 4 is 5.91 Å². The van der Waals surface area contributed by atoms with Crippen molar-refractivity contribution in [1.82, 2.24) is 5.32 Å². The second-order valence-corrected chi connectivity index (χ2v) is 5.62. The highest BCUT2D eigenvalue weighted by molar-refractivity contribution is 5.82. The summed E-state index contributed by atoms with van der Waals surface area (Å²) in [4.78, 5) is 11.7. The number of aliphatic hydroxyl groups excluding tert-OH is 1. The molecular weight excluding hydrogens is 302 g/mol. The fraction of sp³-hybridized carbons (Fsp3) is 0.350. The lowest BCUT2D eigenvalue weighted by Gasteiger charge is -2.18. The first kappa shape index (κ1) is 18.0. The van der Waals surface area contributed by atoms with Crippen LogP contribution in [0.25, 0.3) is 0 Å². The highest BCUT2D eigenvalue weighted by Crippen LogP contribution is 2.27. The van der Waals surface area contributed by atoms with Crippen molar-refractivity contribution in [3.05, 3.63) is 64.7 Å². The van der Waals surface area contributed by atoms with E-state index in [-0.39, 0.29) is 0 Å². The van der Waals surface area contributed by atoms with Gasteiger partial charge in [0.2, 0.25) is 0 Å². The van der Waals surface area contributed by atoms with E-state index in [2.05, 4.69) is 31.3 Å². The summed E-state index contributed by atoms with van der Waals surface area (Å²) in [6, 6.07) is 13.5. The van der Waals surface area contributed by atoms with Gasteiger partial charge in [-0.15, -0.1) is 0 Å². The standard InChI is InChI=1S/C20H25NO3/c1-4-14-10-8-11-15(5-2)19(14)24-13-16-9-6-7-12-17(16)18(22)20(23)21-3/h6-12,18,22H,4-5,13H2,1-3H3,(H,21,23). The van der Waals surface area contributed by atoms with Gasteiger partial charge in [0.05, 0.1) is 0 Å². The van der Waals surface area contributed by atoms with Crippen LogP contribution < -0.4 is 10.1 Å². The first-order chi connectivity index (χ1) is 11.6. The van der Waals surface area contributed by atoms with E-state index >= 15 is 0 Å². The Hall–Kier alpha value is -2.33. The maximum atomic E-state index is 11.7. The van der Waals surface area contributed by atoms with Gasteiger partial charge in [-0.25, -0.2) is 0 Å². The van der Waals surface area contributed by atoms with E-state index in [1.807, 2.05) is 24.3 Å². The second-order valence-electron chi connectivity index (χ2n) is 5.62. The van der Waals surface area contributed by atoms with Gasteiger partial charge in [0, 0.05) is 7.05 Å². The van der Waals surface area contributed by atoms with Crippen LogP contribution in [-0.4, -0.2) is 18.1 Å². The van der Waals surface area contributed by atoms with Gasteiger partial charge in [-0.2, -0.15) is 0 Å². The van der Waals surface area contributed by atoms with Gasteiger partial charge in [0.15, 0.2) is 6.10 Å². The summed E-state index contributed by atoms with van der Waals surface area (Å²) < 4.78 is 6.10. The number of likely N-dealkylation sites (N-methyl/N-ethyl adjacent to an activating group) is 1. The number of aliphatic hydroxyl groups is 1. The molecule has 128 valence electrons. The monoisotopic (exact) mass is 327 g/mol. The average Bonchev–Trinajstić information content (AvgIpc) is 2.64. The summed E-state index contributed by atoms with van der Waals surface area (Å²) >= 11 is 0. The Kier molecular flexibility index (Phi) is 6.38. The Labute approximate surface area is 143 Å². The van der Waals surface area contributed by atoms with Crippen molar-refractivity contribution in [2.24, 2.45) is 0 Å². The van der Waals surface area contributed by atoms with E-state index in [9.17, 15) is 9.90 Å². The number of carbonyl (C=O) groups excluding carboxylic acids is 1. The van der Waals surface area contributed by atoms with Gasteiger partial charge in [-0.05, 0) is 35.1 Å². The minimum Gasteiger partial charge on any atom is -0.488 e. The third-order valence-electron chi connectivity index (χ3n) is 4.16. The Morgan fingerprint density at radius 1 is 1.04 bits per heavy atom.